The molecular weight excluding hydrogens is 326 g/mol. The normalized spacial score (nSPS) is 20.9. The second-order valence-corrected chi connectivity index (χ2v) is 8.52. The first-order valence-electron chi connectivity index (χ1n) is 7.95. The number of sulfone groups is 1. The van der Waals surface area contributed by atoms with Crippen LogP contribution in [0.4, 0.5) is 0 Å². The van der Waals surface area contributed by atoms with Crippen molar-refractivity contribution in [3.63, 3.8) is 0 Å². The molecule has 7 heteroatoms. The minimum absolute atomic E-state index is 0.141. The second-order valence-electron chi connectivity index (χ2n) is 6.29. The summed E-state index contributed by atoms with van der Waals surface area (Å²) in [5.41, 5.74) is 3.20. The molecule has 2 heterocycles. The van der Waals surface area contributed by atoms with Crippen molar-refractivity contribution >= 4 is 9.84 Å². The van der Waals surface area contributed by atoms with Crippen LogP contribution in [-0.4, -0.2) is 48.3 Å². The van der Waals surface area contributed by atoms with Gasteiger partial charge < -0.3 is 4.74 Å². The summed E-state index contributed by atoms with van der Waals surface area (Å²) in [6, 6.07) is 5.82. The number of hydrogen-bond acceptors (Lipinski definition) is 5. The summed E-state index contributed by atoms with van der Waals surface area (Å²) < 4.78 is 31.4. The van der Waals surface area contributed by atoms with Gasteiger partial charge >= 0.3 is 0 Å². The maximum Gasteiger partial charge on any atom is 0.153 e. The zero-order valence-corrected chi connectivity index (χ0v) is 15.1. The highest BCUT2D eigenvalue weighted by atomic mass is 32.2. The Morgan fingerprint density at radius 1 is 1.38 bits per heavy atom. The zero-order valence-electron chi connectivity index (χ0n) is 14.3. The molecule has 24 heavy (non-hydrogen) atoms. The Balaban J connectivity index is 1.90. The SMILES string of the molecule is COc1cccc(CN2CCS(=O)(=O)CC2c2cnn(C)c2)c1C. The number of nitrogens with zero attached hydrogens (tertiary/aromatic N) is 3. The summed E-state index contributed by atoms with van der Waals surface area (Å²) >= 11 is 0. The van der Waals surface area contributed by atoms with E-state index in [1.807, 2.05) is 32.3 Å². The van der Waals surface area contributed by atoms with Crippen LogP contribution in [0.25, 0.3) is 0 Å². The fourth-order valence-corrected chi connectivity index (χ4v) is 4.78. The van der Waals surface area contributed by atoms with Gasteiger partial charge in [-0.05, 0) is 24.1 Å². The minimum atomic E-state index is -3.02. The van der Waals surface area contributed by atoms with E-state index in [1.165, 1.54) is 0 Å². The largest absolute Gasteiger partial charge is 0.496 e. The Kier molecular flexibility index (Phi) is 4.64. The van der Waals surface area contributed by atoms with Crippen molar-refractivity contribution in [3.8, 4) is 5.75 Å². The van der Waals surface area contributed by atoms with Crippen molar-refractivity contribution in [2.45, 2.75) is 19.5 Å². The van der Waals surface area contributed by atoms with Crippen LogP contribution in [0.15, 0.2) is 30.6 Å². The van der Waals surface area contributed by atoms with Gasteiger partial charge in [-0.15, -0.1) is 0 Å². The number of rotatable bonds is 4. The predicted octanol–water partition coefficient (Wildman–Crippen LogP) is 1.71. The molecule has 1 aliphatic heterocycles. The zero-order chi connectivity index (χ0) is 17.3. The quantitative estimate of drug-likeness (QED) is 0.841. The predicted molar refractivity (Wildman–Crippen MR) is 92.7 cm³/mol. The van der Waals surface area contributed by atoms with Gasteiger partial charge in [-0.1, -0.05) is 12.1 Å². The van der Waals surface area contributed by atoms with E-state index in [4.69, 9.17) is 4.74 Å². The van der Waals surface area contributed by atoms with Gasteiger partial charge in [-0.2, -0.15) is 5.10 Å². The topological polar surface area (TPSA) is 64.4 Å². The lowest BCUT2D eigenvalue weighted by molar-refractivity contribution is 0.205. The van der Waals surface area contributed by atoms with Gasteiger partial charge in [0.15, 0.2) is 9.84 Å². The molecule has 1 saturated heterocycles. The summed E-state index contributed by atoms with van der Waals surface area (Å²) in [5.74, 6) is 1.20. The summed E-state index contributed by atoms with van der Waals surface area (Å²) in [4.78, 5) is 2.22. The van der Waals surface area contributed by atoms with E-state index >= 15 is 0 Å². The van der Waals surface area contributed by atoms with E-state index < -0.39 is 9.84 Å². The van der Waals surface area contributed by atoms with Crippen LogP contribution in [0.1, 0.15) is 22.7 Å². The van der Waals surface area contributed by atoms with Crippen LogP contribution in [0, 0.1) is 6.92 Å². The molecule has 0 bridgehead atoms. The monoisotopic (exact) mass is 349 g/mol. The molecule has 0 radical (unpaired) electrons. The number of benzene rings is 1. The van der Waals surface area contributed by atoms with E-state index in [2.05, 4.69) is 16.1 Å². The van der Waals surface area contributed by atoms with E-state index in [-0.39, 0.29) is 17.5 Å². The van der Waals surface area contributed by atoms with Gasteiger partial charge in [-0.25, -0.2) is 8.42 Å². The Labute approximate surface area is 143 Å². The van der Waals surface area contributed by atoms with Crippen LogP contribution >= 0.6 is 0 Å². The Bertz CT molecular complexity index is 829. The number of aryl methyl sites for hydroxylation is 1. The lowest BCUT2D eigenvalue weighted by Gasteiger charge is -2.35. The Morgan fingerprint density at radius 3 is 2.83 bits per heavy atom. The molecular formula is C17H23N3O3S. The first kappa shape index (κ1) is 17.0. The summed E-state index contributed by atoms with van der Waals surface area (Å²) in [5, 5.41) is 4.20. The fourth-order valence-electron chi connectivity index (χ4n) is 3.22. The van der Waals surface area contributed by atoms with E-state index in [1.54, 1.807) is 18.0 Å². The third-order valence-corrected chi connectivity index (χ3v) is 6.27. The number of hydrogen-bond donors (Lipinski definition) is 0. The number of ether oxygens (including phenoxy) is 1. The fraction of sp³-hybridized carbons (Fsp3) is 0.471. The van der Waals surface area contributed by atoms with Crippen LogP contribution in [0.5, 0.6) is 5.75 Å². The van der Waals surface area contributed by atoms with Gasteiger partial charge in [0, 0.05) is 31.9 Å². The van der Waals surface area contributed by atoms with Gasteiger partial charge in [0.05, 0.1) is 30.9 Å². The molecule has 1 aliphatic rings. The second kappa shape index (κ2) is 6.57. The molecule has 0 saturated carbocycles. The van der Waals surface area contributed by atoms with Crippen LogP contribution in [0.2, 0.25) is 0 Å². The molecule has 6 nitrogen and oxygen atoms in total. The molecule has 130 valence electrons. The standard InChI is InChI=1S/C17H23N3O3S/c1-13-14(5-4-6-17(13)23-3)11-20-7-8-24(21,22)12-16(20)15-9-18-19(2)10-15/h4-6,9-10,16H,7-8,11-12H2,1-3H3. The van der Waals surface area contributed by atoms with Crippen molar-refractivity contribution in [3.05, 3.63) is 47.3 Å². The van der Waals surface area contributed by atoms with Gasteiger partial charge in [-0.3, -0.25) is 9.58 Å². The molecule has 3 rings (SSSR count). The average Bonchev–Trinajstić information content (AvgIpc) is 2.97. The first-order chi connectivity index (χ1) is 11.4. The van der Waals surface area contributed by atoms with Crippen molar-refractivity contribution in [2.24, 2.45) is 7.05 Å². The minimum Gasteiger partial charge on any atom is -0.496 e. The first-order valence-corrected chi connectivity index (χ1v) is 9.77. The molecule has 1 unspecified atom stereocenters. The third-order valence-electron chi connectivity index (χ3n) is 4.64. The molecule has 1 fully saturated rings. The van der Waals surface area contributed by atoms with Crippen molar-refractivity contribution in [1.82, 2.24) is 14.7 Å². The van der Waals surface area contributed by atoms with E-state index in [0.717, 1.165) is 22.4 Å². The lowest BCUT2D eigenvalue weighted by Crippen LogP contribution is -2.42. The molecule has 2 aromatic rings. The molecule has 0 aliphatic carbocycles. The van der Waals surface area contributed by atoms with Crippen LogP contribution in [-0.2, 0) is 23.4 Å². The highest BCUT2D eigenvalue weighted by Crippen LogP contribution is 2.30. The lowest BCUT2D eigenvalue weighted by atomic mass is 10.0. The molecule has 0 amide bonds. The number of aromatic nitrogens is 2. The smallest absolute Gasteiger partial charge is 0.153 e. The highest BCUT2D eigenvalue weighted by Gasteiger charge is 2.33. The van der Waals surface area contributed by atoms with Crippen molar-refractivity contribution < 1.29 is 13.2 Å². The summed E-state index contributed by atoms with van der Waals surface area (Å²) in [7, 11) is 0.487. The molecule has 1 aromatic carbocycles. The molecule has 0 N–H and O–H groups in total. The van der Waals surface area contributed by atoms with Gasteiger partial charge in [0.1, 0.15) is 5.75 Å². The molecule has 1 aromatic heterocycles. The molecule has 0 spiro atoms. The maximum atomic E-state index is 12.1. The van der Waals surface area contributed by atoms with Gasteiger partial charge in [0.25, 0.3) is 0 Å². The maximum absolute atomic E-state index is 12.1. The summed E-state index contributed by atoms with van der Waals surface area (Å²) in [6.07, 6.45) is 3.66. The van der Waals surface area contributed by atoms with E-state index in [0.29, 0.717) is 13.1 Å². The van der Waals surface area contributed by atoms with Crippen molar-refractivity contribution in [2.75, 3.05) is 25.2 Å². The third kappa shape index (κ3) is 3.47. The summed E-state index contributed by atoms with van der Waals surface area (Å²) in [6.45, 7) is 3.25. The average molecular weight is 349 g/mol. The number of methoxy groups -OCH3 is 1. The van der Waals surface area contributed by atoms with Crippen molar-refractivity contribution in [1.29, 1.82) is 0 Å². The highest BCUT2D eigenvalue weighted by molar-refractivity contribution is 7.91. The van der Waals surface area contributed by atoms with E-state index in [9.17, 15) is 8.42 Å². The Morgan fingerprint density at radius 2 is 2.17 bits per heavy atom. The van der Waals surface area contributed by atoms with Crippen LogP contribution in [0.3, 0.4) is 0 Å². The van der Waals surface area contributed by atoms with Gasteiger partial charge in [0.2, 0.25) is 0 Å². The Hall–Kier alpha value is -1.86. The molecule has 1 atom stereocenters. The van der Waals surface area contributed by atoms with Crippen LogP contribution < -0.4 is 4.74 Å².